The molecular weight excluding hydrogens is 293 g/mol. The van der Waals surface area contributed by atoms with Gasteiger partial charge in [-0.25, -0.2) is 0 Å². The van der Waals surface area contributed by atoms with Crippen LogP contribution in [0.3, 0.4) is 0 Å². The Morgan fingerprint density at radius 3 is 2.59 bits per heavy atom. The fourth-order valence-electron chi connectivity index (χ4n) is 2.06. The van der Waals surface area contributed by atoms with Crippen molar-refractivity contribution in [3.63, 3.8) is 0 Å². The van der Waals surface area contributed by atoms with Gasteiger partial charge in [0.25, 0.3) is 5.91 Å². The Hall–Kier alpha value is -2.37. The number of rotatable bonds is 5. The molecule has 22 heavy (non-hydrogen) atoms. The molecule has 1 N–H and O–H groups in total. The zero-order valence-electron chi connectivity index (χ0n) is 11.7. The van der Waals surface area contributed by atoms with E-state index in [1.54, 1.807) is 12.4 Å². The molecule has 6 heteroatoms. The van der Waals surface area contributed by atoms with Crippen molar-refractivity contribution in [2.45, 2.75) is 19.0 Å². The van der Waals surface area contributed by atoms with E-state index in [9.17, 15) is 18.0 Å². The number of aromatic nitrogens is 1. The van der Waals surface area contributed by atoms with E-state index in [-0.39, 0.29) is 5.56 Å². The van der Waals surface area contributed by atoms with Crippen LogP contribution in [0.5, 0.6) is 0 Å². The van der Waals surface area contributed by atoms with Crippen LogP contribution in [0.15, 0.2) is 48.8 Å². The Bertz CT molecular complexity index is 627. The number of carbonyl (C=O) groups excluding carboxylic acids is 1. The van der Waals surface area contributed by atoms with E-state index in [1.807, 2.05) is 12.1 Å². The van der Waals surface area contributed by atoms with Gasteiger partial charge in [-0.2, -0.15) is 13.2 Å². The minimum atomic E-state index is -4.54. The number of nitrogens with zero attached hydrogens (tertiary/aromatic N) is 1. The van der Waals surface area contributed by atoms with E-state index < -0.39 is 17.6 Å². The van der Waals surface area contributed by atoms with E-state index in [2.05, 4.69) is 10.3 Å². The van der Waals surface area contributed by atoms with Gasteiger partial charge in [-0.05, 0) is 36.6 Å². The molecule has 116 valence electrons. The number of halogens is 3. The Balaban J connectivity index is 1.91. The van der Waals surface area contributed by atoms with Gasteiger partial charge in [0.15, 0.2) is 0 Å². The number of amides is 1. The first-order chi connectivity index (χ1) is 10.5. The standard InChI is InChI=1S/C16H15F3N2O/c17-16(18,19)14-8-2-1-7-13(14)15(22)21-10-4-6-12-5-3-9-20-11-12/h1-3,5,7-9,11H,4,6,10H2,(H,21,22). The Morgan fingerprint density at radius 1 is 1.14 bits per heavy atom. The van der Waals surface area contributed by atoms with E-state index in [0.717, 1.165) is 11.6 Å². The minimum Gasteiger partial charge on any atom is -0.352 e. The highest BCUT2D eigenvalue weighted by molar-refractivity contribution is 5.95. The predicted molar refractivity (Wildman–Crippen MR) is 76.3 cm³/mol. The summed E-state index contributed by atoms with van der Waals surface area (Å²) < 4.78 is 38.5. The quantitative estimate of drug-likeness (QED) is 0.860. The molecule has 2 rings (SSSR count). The topological polar surface area (TPSA) is 42.0 Å². The van der Waals surface area contributed by atoms with Gasteiger partial charge < -0.3 is 5.32 Å². The van der Waals surface area contributed by atoms with Gasteiger partial charge in [-0.15, -0.1) is 0 Å². The first-order valence-corrected chi connectivity index (χ1v) is 6.82. The van der Waals surface area contributed by atoms with Gasteiger partial charge in [0.1, 0.15) is 0 Å². The second-order valence-corrected chi connectivity index (χ2v) is 4.76. The number of nitrogens with one attached hydrogen (secondary N) is 1. The average Bonchev–Trinajstić information content (AvgIpc) is 2.51. The molecule has 2 aromatic rings. The van der Waals surface area contributed by atoms with Gasteiger partial charge in [0.05, 0.1) is 11.1 Å². The SMILES string of the molecule is O=C(NCCCc1cccnc1)c1ccccc1C(F)(F)F. The molecule has 0 atom stereocenters. The third kappa shape index (κ3) is 4.31. The molecule has 0 aliphatic carbocycles. The predicted octanol–water partition coefficient (Wildman–Crippen LogP) is 3.46. The van der Waals surface area contributed by atoms with Gasteiger partial charge >= 0.3 is 6.18 Å². The fraction of sp³-hybridized carbons (Fsp3) is 0.250. The molecule has 0 saturated carbocycles. The molecule has 0 fully saturated rings. The third-order valence-electron chi connectivity index (χ3n) is 3.13. The first-order valence-electron chi connectivity index (χ1n) is 6.82. The van der Waals surface area contributed by atoms with Crippen LogP contribution in [0.2, 0.25) is 0 Å². The molecule has 0 saturated heterocycles. The molecule has 1 heterocycles. The largest absolute Gasteiger partial charge is 0.417 e. The van der Waals surface area contributed by atoms with Gasteiger partial charge in [-0.3, -0.25) is 9.78 Å². The van der Waals surface area contributed by atoms with E-state index in [4.69, 9.17) is 0 Å². The highest BCUT2D eigenvalue weighted by Crippen LogP contribution is 2.31. The van der Waals surface area contributed by atoms with Crippen LogP contribution in [0.25, 0.3) is 0 Å². The Morgan fingerprint density at radius 2 is 1.91 bits per heavy atom. The summed E-state index contributed by atoms with van der Waals surface area (Å²) in [5.74, 6) is -0.709. The smallest absolute Gasteiger partial charge is 0.352 e. The van der Waals surface area contributed by atoms with Crippen molar-refractivity contribution in [1.29, 1.82) is 0 Å². The lowest BCUT2D eigenvalue weighted by Crippen LogP contribution is -2.27. The summed E-state index contributed by atoms with van der Waals surface area (Å²) in [5.41, 5.74) is -0.247. The maximum Gasteiger partial charge on any atom is 0.417 e. The van der Waals surface area contributed by atoms with Crippen LogP contribution in [0.4, 0.5) is 13.2 Å². The second kappa shape index (κ2) is 7.06. The van der Waals surface area contributed by atoms with Crippen molar-refractivity contribution in [2.24, 2.45) is 0 Å². The van der Waals surface area contributed by atoms with Crippen LogP contribution in [0, 0.1) is 0 Å². The van der Waals surface area contributed by atoms with E-state index in [0.29, 0.717) is 19.4 Å². The molecule has 0 unspecified atom stereocenters. The molecular formula is C16H15F3N2O. The number of carbonyl (C=O) groups is 1. The maximum absolute atomic E-state index is 12.8. The van der Waals surface area contributed by atoms with Crippen LogP contribution in [0.1, 0.15) is 27.9 Å². The Labute approximate surface area is 126 Å². The summed E-state index contributed by atoms with van der Waals surface area (Å²) in [4.78, 5) is 15.9. The number of alkyl halides is 3. The van der Waals surface area contributed by atoms with Crippen molar-refractivity contribution >= 4 is 5.91 Å². The Kier molecular flexibility index (Phi) is 5.14. The summed E-state index contributed by atoms with van der Waals surface area (Å²) in [7, 11) is 0. The summed E-state index contributed by atoms with van der Waals surface area (Å²) in [6.45, 7) is 0.305. The van der Waals surface area contributed by atoms with E-state index >= 15 is 0 Å². The lowest BCUT2D eigenvalue weighted by molar-refractivity contribution is -0.137. The monoisotopic (exact) mass is 308 g/mol. The minimum absolute atomic E-state index is 0.305. The number of hydrogen-bond acceptors (Lipinski definition) is 2. The molecule has 1 aromatic heterocycles. The molecule has 0 aliphatic heterocycles. The highest BCUT2D eigenvalue weighted by atomic mass is 19.4. The van der Waals surface area contributed by atoms with Crippen LogP contribution in [-0.4, -0.2) is 17.4 Å². The van der Waals surface area contributed by atoms with Crippen molar-refractivity contribution in [3.8, 4) is 0 Å². The van der Waals surface area contributed by atoms with Crippen molar-refractivity contribution < 1.29 is 18.0 Å². The number of hydrogen-bond donors (Lipinski definition) is 1. The normalized spacial score (nSPS) is 11.2. The van der Waals surface area contributed by atoms with Crippen LogP contribution >= 0.6 is 0 Å². The third-order valence-corrected chi connectivity index (χ3v) is 3.13. The molecule has 0 bridgehead atoms. The summed E-state index contributed by atoms with van der Waals surface area (Å²) >= 11 is 0. The first kappa shape index (κ1) is 16.0. The number of aryl methyl sites for hydroxylation is 1. The second-order valence-electron chi connectivity index (χ2n) is 4.76. The fourth-order valence-corrected chi connectivity index (χ4v) is 2.06. The lowest BCUT2D eigenvalue weighted by Gasteiger charge is -2.12. The number of benzene rings is 1. The maximum atomic E-state index is 12.8. The molecule has 0 spiro atoms. The van der Waals surface area contributed by atoms with Crippen LogP contribution in [-0.2, 0) is 12.6 Å². The molecule has 0 aliphatic rings. The molecule has 0 radical (unpaired) electrons. The van der Waals surface area contributed by atoms with E-state index in [1.165, 1.54) is 18.2 Å². The zero-order valence-corrected chi connectivity index (χ0v) is 11.7. The lowest BCUT2D eigenvalue weighted by atomic mass is 10.1. The zero-order chi connectivity index (χ0) is 16.0. The van der Waals surface area contributed by atoms with Gasteiger partial charge in [-0.1, -0.05) is 18.2 Å². The molecule has 3 nitrogen and oxygen atoms in total. The van der Waals surface area contributed by atoms with Gasteiger partial charge in [0, 0.05) is 18.9 Å². The summed E-state index contributed by atoms with van der Waals surface area (Å²) in [6, 6.07) is 8.49. The van der Waals surface area contributed by atoms with Crippen molar-refractivity contribution in [3.05, 3.63) is 65.5 Å². The van der Waals surface area contributed by atoms with Gasteiger partial charge in [0.2, 0.25) is 0 Å². The number of pyridine rings is 1. The van der Waals surface area contributed by atoms with Crippen molar-refractivity contribution in [1.82, 2.24) is 10.3 Å². The summed E-state index contributed by atoms with van der Waals surface area (Å²) in [5, 5.41) is 2.52. The molecule has 1 amide bonds. The highest BCUT2D eigenvalue weighted by Gasteiger charge is 2.34. The van der Waals surface area contributed by atoms with Crippen molar-refractivity contribution in [2.75, 3.05) is 6.54 Å². The molecule has 1 aromatic carbocycles. The summed E-state index contributed by atoms with van der Waals surface area (Å²) in [6.07, 6.45) is 0.185. The van der Waals surface area contributed by atoms with Crippen LogP contribution < -0.4 is 5.32 Å². The average molecular weight is 308 g/mol.